The van der Waals surface area contributed by atoms with Gasteiger partial charge < -0.3 is 19.8 Å². The lowest BCUT2D eigenvalue weighted by Crippen LogP contribution is -2.39. The zero-order chi connectivity index (χ0) is 20.1. The molecule has 3 rings (SSSR count). The number of methoxy groups -OCH3 is 1. The van der Waals surface area contributed by atoms with Gasteiger partial charge in [0.2, 0.25) is 0 Å². The van der Waals surface area contributed by atoms with E-state index in [4.69, 9.17) is 9.15 Å². The predicted molar refractivity (Wildman–Crippen MR) is 107 cm³/mol. The van der Waals surface area contributed by atoms with E-state index in [0.717, 1.165) is 31.2 Å². The van der Waals surface area contributed by atoms with Crippen LogP contribution in [0, 0.1) is 0 Å². The number of carbonyl (C=O) groups is 2. The first kappa shape index (κ1) is 20.1. The van der Waals surface area contributed by atoms with Crippen LogP contribution in [0.2, 0.25) is 0 Å². The van der Waals surface area contributed by atoms with E-state index >= 15 is 0 Å². The molecule has 2 N–H and O–H groups in total. The Kier molecular flexibility index (Phi) is 6.52. The predicted octanol–water partition coefficient (Wildman–Crippen LogP) is 3.48. The second-order valence-electron chi connectivity index (χ2n) is 7.28. The standard InChI is InChI=1S/C22H28N2O4/c1-14(15-7-5-4-6-8-15)20-18(13-19(28-20)22(26)23-2)21(25)24-16-9-11-17(27-3)12-10-16/h4-8,13-14,16-17H,9-12H2,1-3H3,(H,23,26)(H,24,25)/t14-,16?,17?/m0/s1. The van der Waals surface area contributed by atoms with Crippen LogP contribution < -0.4 is 10.6 Å². The van der Waals surface area contributed by atoms with Crippen LogP contribution in [0.5, 0.6) is 0 Å². The van der Waals surface area contributed by atoms with Crippen LogP contribution in [0.3, 0.4) is 0 Å². The topological polar surface area (TPSA) is 80.6 Å². The van der Waals surface area contributed by atoms with E-state index in [0.29, 0.717) is 11.3 Å². The Morgan fingerprint density at radius 3 is 2.39 bits per heavy atom. The Bertz CT molecular complexity index is 807. The van der Waals surface area contributed by atoms with Crippen molar-refractivity contribution in [3.8, 4) is 0 Å². The van der Waals surface area contributed by atoms with Crippen molar-refractivity contribution < 1.29 is 18.7 Å². The molecule has 1 aliphatic rings. The molecule has 1 saturated carbocycles. The summed E-state index contributed by atoms with van der Waals surface area (Å²) in [5, 5.41) is 5.66. The average molecular weight is 384 g/mol. The minimum atomic E-state index is -0.346. The van der Waals surface area contributed by atoms with E-state index in [1.165, 1.54) is 0 Å². The molecule has 1 heterocycles. The minimum Gasteiger partial charge on any atom is -0.454 e. The maximum absolute atomic E-state index is 13.0. The number of hydrogen-bond acceptors (Lipinski definition) is 4. The van der Waals surface area contributed by atoms with Crippen LogP contribution in [0.25, 0.3) is 0 Å². The van der Waals surface area contributed by atoms with Crippen LogP contribution in [0.4, 0.5) is 0 Å². The van der Waals surface area contributed by atoms with Crippen LogP contribution in [0.1, 0.15) is 70.8 Å². The summed E-state index contributed by atoms with van der Waals surface area (Å²) < 4.78 is 11.2. The minimum absolute atomic E-state index is 0.108. The molecule has 0 aliphatic heterocycles. The highest BCUT2D eigenvalue weighted by atomic mass is 16.5. The smallest absolute Gasteiger partial charge is 0.286 e. The van der Waals surface area contributed by atoms with Gasteiger partial charge in [0.15, 0.2) is 5.76 Å². The van der Waals surface area contributed by atoms with E-state index in [9.17, 15) is 9.59 Å². The molecule has 0 bridgehead atoms. The molecule has 0 saturated heterocycles. The fourth-order valence-corrected chi connectivity index (χ4v) is 3.74. The number of benzene rings is 1. The summed E-state index contributed by atoms with van der Waals surface area (Å²) in [4.78, 5) is 25.1. The van der Waals surface area contributed by atoms with E-state index in [1.54, 1.807) is 20.2 Å². The molecule has 6 heteroatoms. The van der Waals surface area contributed by atoms with Gasteiger partial charge in [0, 0.05) is 32.2 Å². The summed E-state index contributed by atoms with van der Waals surface area (Å²) in [7, 11) is 3.27. The molecule has 1 fully saturated rings. The summed E-state index contributed by atoms with van der Waals surface area (Å²) in [6.07, 6.45) is 3.91. The molecular formula is C22H28N2O4. The number of nitrogens with one attached hydrogen (secondary N) is 2. The fourth-order valence-electron chi connectivity index (χ4n) is 3.74. The third-order valence-electron chi connectivity index (χ3n) is 5.49. The van der Waals surface area contributed by atoms with Crippen molar-refractivity contribution in [2.75, 3.05) is 14.2 Å². The van der Waals surface area contributed by atoms with Crippen LogP contribution in [0.15, 0.2) is 40.8 Å². The number of furan rings is 1. The molecule has 0 radical (unpaired) electrons. The first-order valence-electron chi connectivity index (χ1n) is 9.77. The summed E-state index contributed by atoms with van der Waals surface area (Å²) in [5.74, 6) is -0.0373. The van der Waals surface area contributed by atoms with Gasteiger partial charge in [-0.15, -0.1) is 0 Å². The second-order valence-corrected chi connectivity index (χ2v) is 7.28. The Hall–Kier alpha value is -2.60. The Morgan fingerprint density at radius 1 is 1.11 bits per heavy atom. The maximum Gasteiger partial charge on any atom is 0.286 e. The monoisotopic (exact) mass is 384 g/mol. The van der Waals surface area contributed by atoms with Crippen molar-refractivity contribution in [3.63, 3.8) is 0 Å². The lowest BCUT2D eigenvalue weighted by Gasteiger charge is -2.28. The highest BCUT2D eigenvalue weighted by Crippen LogP contribution is 2.30. The van der Waals surface area contributed by atoms with Gasteiger partial charge in [-0.2, -0.15) is 0 Å². The third-order valence-corrected chi connectivity index (χ3v) is 5.49. The summed E-state index contributed by atoms with van der Waals surface area (Å²) in [5.41, 5.74) is 1.44. The Labute approximate surface area is 165 Å². The summed E-state index contributed by atoms with van der Waals surface area (Å²) in [6, 6.07) is 11.5. The molecule has 1 aromatic carbocycles. The molecule has 150 valence electrons. The van der Waals surface area contributed by atoms with E-state index in [-0.39, 0.29) is 35.6 Å². The van der Waals surface area contributed by atoms with Crippen molar-refractivity contribution in [1.82, 2.24) is 10.6 Å². The molecular weight excluding hydrogens is 356 g/mol. The molecule has 1 atom stereocenters. The van der Waals surface area contributed by atoms with Gasteiger partial charge in [0.05, 0.1) is 11.7 Å². The maximum atomic E-state index is 13.0. The summed E-state index contributed by atoms with van der Waals surface area (Å²) in [6.45, 7) is 1.97. The molecule has 2 amide bonds. The molecule has 6 nitrogen and oxygen atoms in total. The molecule has 2 aromatic rings. The lowest BCUT2D eigenvalue weighted by molar-refractivity contribution is 0.0599. The normalized spacial score (nSPS) is 20.4. The first-order chi connectivity index (χ1) is 13.5. The van der Waals surface area contributed by atoms with Gasteiger partial charge in [-0.3, -0.25) is 9.59 Å². The largest absolute Gasteiger partial charge is 0.454 e. The highest BCUT2D eigenvalue weighted by molar-refractivity contribution is 5.99. The Balaban J connectivity index is 1.83. The second kappa shape index (κ2) is 9.06. The van der Waals surface area contributed by atoms with Crippen LogP contribution in [-0.4, -0.2) is 38.1 Å². The van der Waals surface area contributed by atoms with Crippen LogP contribution >= 0.6 is 0 Å². The highest BCUT2D eigenvalue weighted by Gasteiger charge is 2.28. The number of rotatable bonds is 6. The fraction of sp³-hybridized carbons (Fsp3) is 0.455. The van der Waals surface area contributed by atoms with Gasteiger partial charge >= 0.3 is 0 Å². The van der Waals surface area contributed by atoms with Crippen molar-refractivity contribution in [1.29, 1.82) is 0 Å². The van der Waals surface area contributed by atoms with Gasteiger partial charge in [0.25, 0.3) is 11.8 Å². The zero-order valence-electron chi connectivity index (χ0n) is 16.7. The number of hydrogen-bond donors (Lipinski definition) is 2. The third kappa shape index (κ3) is 4.44. The zero-order valence-corrected chi connectivity index (χ0v) is 16.7. The van der Waals surface area contributed by atoms with Gasteiger partial charge in [-0.25, -0.2) is 0 Å². The van der Waals surface area contributed by atoms with Crippen LogP contribution in [-0.2, 0) is 4.74 Å². The molecule has 28 heavy (non-hydrogen) atoms. The van der Waals surface area contributed by atoms with Crippen molar-refractivity contribution in [2.24, 2.45) is 0 Å². The molecule has 0 unspecified atom stereocenters. The van der Waals surface area contributed by atoms with Gasteiger partial charge in [-0.1, -0.05) is 37.3 Å². The number of amides is 2. The lowest BCUT2D eigenvalue weighted by atomic mass is 9.92. The van der Waals surface area contributed by atoms with E-state index < -0.39 is 0 Å². The number of carbonyl (C=O) groups excluding carboxylic acids is 2. The average Bonchev–Trinajstić information content (AvgIpc) is 3.19. The van der Waals surface area contributed by atoms with E-state index in [1.807, 2.05) is 37.3 Å². The number of ether oxygens (including phenoxy) is 1. The van der Waals surface area contributed by atoms with Crippen molar-refractivity contribution in [3.05, 3.63) is 59.0 Å². The van der Waals surface area contributed by atoms with Crippen molar-refractivity contribution >= 4 is 11.8 Å². The van der Waals surface area contributed by atoms with Gasteiger partial charge in [-0.05, 0) is 31.2 Å². The first-order valence-corrected chi connectivity index (χ1v) is 9.77. The quantitative estimate of drug-likeness (QED) is 0.799. The van der Waals surface area contributed by atoms with Gasteiger partial charge in [0.1, 0.15) is 5.76 Å². The molecule has 1 aliphatic carbocycles. The van der Waals surface area contributed by atoms with E-state index in [2.05, 4.69) is 10.6 Å². The summed E-state index contributed by atoms with van der Waals surface area (Å²) >= 11 is 0. The molecule has 0 spiro atoms. The molecule has 1 aromatic heterocycles. The Morgan fingerprint density at radius 2 is 1.79 bits per heavy atom. The van der Waals surface area contributed by atoms with Crippen molar-refractivity contribution in [2.45, 2.75) is 50.7 Å². The SMILES string of the molecule is CNC(=O)c1cc(C(=O)NC2CCC(OC)CC2)c([C@@H](C)c2ccccc2)o1.